The van der Waals surface area contributed by atoms with Crippen LogP contribution in [0.4, 0.5) is 0 Å². The van der Waals surface area contributed by atoms with E-state index in [4.69, 9.17) is 14.6 Å². The number of hydrogen-bond acceptors (Lipinski definition) is 6. The summed E-state index contributed by atoms with van der Waals surface area (Å²) in [4.78, 5) is 33.7. The first-order chi connectivity index (χ1) is 12.1. The first-order valence-corrected chi connectivity index (χ1v) is 8.66. The number of ether oxygens (including phenoxy) is 2. The van der Waals surface area contributed by atoms with Crippen LogP contribution in [0.15, 0.2) is 0 Å². The molecule has 3 atom stereocenters. The molecule has 0 bridgehead atoms. The van der Waals surface area contributed by atoms with Crippen molar-refractivity contribution in [1.82, 2.24) is 0 Å². The number of carboxylic acids is 3. The van der Waals surface area contributed by atoms with E-state index in [2.05, 4.69) is 0 Å². The largest absolute Gasteiger partial charge is 0.479 e. The standard InChI is InChI=1S/C17H28O9/c1-17(2,13(16(23)24)25-8-11(18)14(19)20)9-26-12(15(21)22)10-6-4-3-5-7-10/h10-13,18H,3-9H2,1-2H3,(H,19,20)(H,21,22)(H,23,24). The molecule has 0 radical (unpaired) electrons. The van der Waals surface area contributed by atoms with Gasteiger partial charge in [0.2, 0.25) is 0 Å². The van der Waals surface area contributed by atoms with Gasteiger partial charge in [-0.25, -0.2) is 14.4 Å². The van der Waals surface area contributed by atoms with Crippen molar-refractivity contribution in [3.05, 3.63) is 0 Å². The van der Waals surface area contributed by atoms with Crippen LogP contribution in [0, 0.1) is 11.3 Å². The molecule has 1 saturated carbocycles. The van der Waals surface area contributed by atoms with E-state index in [0.29, 0.717) is 0 Å². The lowest BCUT2D eigenvalue weighted by Crippen LogP contribution is -2.46. The monoisotopic (exact) mass is 376 g/mol. The number of carboxylic acid groups (broad SMARTS) is 3. The Balaban J connectivity index is 2.73. The Hall–Kier alpha value is -1.71. The van der Waals surface area contributed by atoms with Crippen LogP contribution in [-0.2, 0) is 23.9 Å². The lowest BCUT2D eigenvalue weighted by Gasteiger charge is -2.34. The molecule has 150 valence electrons. The van der Waals surface area contributed by atoms with E-state index in [1.807, 2.05) is 0 Å². The molecule has 0 heterocycles. The highest BCUT2D eigenvalue weighted by atomic mass is 16.5. The van der Waals surface area contributed by atoms with E-state index < -0.39 is 48.2 Å². The van der Waals surface area contributed by atoms with Crippen LogP contribution in [0.5, 0.6) is 0 Å². The molecule has 3 unspecified atom stereocenters. The van der Waals surface area contributed by atoms with E-state index >= 15 is 0 Å². The van der Waals surface area contributed by atoms with Crippen molar-refractivity contribution in [3.8, 4) is 0 Å². The van der Waals surface area contributed by atoms with Crippen molar-refractivity contribution >= 4 is 17.9 Å². The van der Waals surface area contributed by atoms with Gasteiger partial charge < -0.3 is 29.9 Å². The number of hydrogen-bond donors (Lipinski definition) is 4. The van der Waals surface area contributed by atoms with Gasteiger partial charge in [-0.1, -0.05) is 33.1 Å². The van der Waals surface area contributed by atoms with Gasteiger partial charge in [-0.3, -0.25) is 0 Å². The predicted octanol–water partition coefficient (Wildman–Crippen LogP) is 0.978. The molecule has 0 aromatic rings. The molecule has 26 heavy (non-hydrogen) atoms. The molecule has 1 aliphatic carbocycles. The summed E-state index contributed by atoms with van der Waals surface area (Å²) in [5, 5.41) is 36.7. The first kappa shape index (κ1) is 22.3. The van der Waals surface area contributed by atoms with Crippen LogP contribution in [0.25, 0.3) is 0 Å². The van der Waals surface area contributed by atoms with Gasteiger partial charge in [-0.05, 0) is 18.8 Å². The number of rotatable bonds is 11. The highest BCUT2D eigenvalue weighted by Crippen LogP contribution is 2.31. The Labute approximate surface area is 151 Å². The second-order valence-corrected chi connectivity index (χ2v) is 7.36. The molecule has 1 aliphatic rings. The molecule has 0 saturated heterocycles. The lowest BCUT2D eigenvalue weighted by atomic mass is 9.84. The summed E-state index contributed by atoms with van der Waals surface area (Å²) in [6.07, 6.45) is 0.121. The summed E-state index contributed by atoms with van der Waals surface area (Å²) in [6.45, 7) is 2.17. The molecule has 9 heteroatoms. The quantitative estimate of drug-likeness (QED) is 0.413. The molecule has 0 aromatic carbocycles. The molecule has 0 aromatic heterocycles. The topological polar surface area (TPSA) is 151 Å². The molecule has 1 fully saturated rings. The van der Waals surface area contributed by atoms with Gasteiger partial charge in [0.1, 0.15) is 0 Å². The van der Waals surface area contributed by atoms with E-state index in [0.717, 1.165) is 32.1 Å². The SMILES string of the molecule is CC(C)(COC(C(=O)O)C1CCCCC1)C(OCC(O)C(=O)O)C(=O)O. The minimum Gasteiger partial charge on any atom is -0.479 e. The normalized spacial score (nSPS) is 19.5. The Kier molecular flexibility index (Phi) is 8.45. The van der Waals surface area contributed by atoms with Crippen LogP contribution in [0.1, 0.15) is 46.0 Å². The first-order valence-electron chi connectivity index (χ1n) is 8.66. The third-order valence-corrected chi connectivity index (χ3v) is 4.60. The molecule has 9 nitrogen and oxygen atoms in total. The summed E-state index contributed by atoms with van der Waals surface area (Å²) in [5.41, 5.74) is -1.13. The van der Waals surface area contributed by atoms with Gasteiger partial charge in [-0.15, -0.1) is 0 Å². The van der Waals surface area contributed by atoms with Gasteiger partial charge in [0.05, 0.1) is 13.2 Å². The van der Waals surface area contributed by atoms with Crippen molar-refractivity contribution in [2.24, 2.45) is 11.3 Å². The third kappa shape index (κ3) is 6.54. The molecular weight excluding hydrogens is 348 g/mol. The van der Waals surface area contributed by atoms with Gasteiger partial charge in [0.15, 0.2) is 18.3 Å². The Morgan fingerprint density at radius 3 is 2.00 bits per heavy atom. The minimum atomic E-state index is -1.84. The molecule has 0 amide bonds. The van der Waals surface area contributed by atoms with Crippen molar-refractivity contribution < 1.29 is 44.3 Å². The second-order valence-electron chi connectivity index (χ2n) is 7.36. The highest BCUT2D eigenvalue weighted by Gasteiger charge is 2.40. The zero-order valence-corrected chi connectivity index (χ0v) is 15.1. The second kappa shape index (κ2) is 9.84. The predicted molar refractivity (Wildman–Crippen MR) is 88.8 cm³/mol. The molecular formula is C17H28O9. The zero-order valence-electron chi connectivity index (χ0n) is 15.1. The smallest absolute Gasteiger partial charge is 0.334 e. The van der Waals surface area contributed by atoms with Crippen LogP contribution >= 0.6 is 0 Å². The Morgan fingerprint density at radius 2 is 1.54 bits per heavy atom. The molecule has 4 N–H and O–H groups in total. The van der Waals surface area contributed by atoms with Crippen molar-refractivity contribution in [2.75, 3.05) is 13.2 Å². The Bertz CT molecular complexity index is 496. The number of carbonyl (C=O) groups is 3. The van der Waals surface area contributed by atoms with Crippen LogP contribution < -0.4 is 0 Å². The maximum atomic E-state index is 11.5. The minimum absolute atomic E-state index is 0.116. The Morgan fingerprint density at radius 1 is 0.962 bits per heavy atom. The van der Waals surface area contributed by atoms with Crippen molar-refractivity contribution in [1.29, 1.82) is 0 Å². The van der Waals surface area contributed by atoms with E-state index in [1.54, 1.807) is 0 Å². The zero-order chi connectivity index (χ0) is 19.9. The molecule has 0 aliphatic heterocycles. The fourth-order valence-corrected chi connectivity index (χ4v) is 3.12. The maximum absolute atomic E-state index is 11.5. The molecule has 0 spiro atoms. The summed E-state index contributed by atoms with van der Waals surface area (Å²) in [6, 6.07) is 0. The number of aliphatic hydroxyl groups is 1. The number of aliphatic carboxylic acids is 3. The van der Waals surface area contributed by atoms with E-state index in [-0.39, 0.29) is 12.5 Å². The number of aliphatic hydroxyl groups excluding tert-OH is 1. The summed E-state index contributed by atoms with van der Waals surface area (Å²) in [7, 11) is 0. The summed E-state index contributed by atoms with van der Waals surface area (Å²) < 4.78 is 10.6. The third-order valence-electron chi connectivity index (χ3n) is 4.60. The van der Waals surface area contributed by atoms with Crippen LogP contribution in [-0.4, -0.2) is 69.9 Å². The lowest BCUT2D eigenvalue weighted by molar-refractivity contribution is -0.177. The van der Waals surface area contributed by atoms with Gasteiger partial charge in [0.25, 0.3) is 0 Å². The average Bonchev–Trinajstić information content (AvgIpc) is 2.54. The maximum Gasteiger partial charge on any atom is 0.334 e. The van der Waals surface area contributed by atoms with Crippen molar-refractivity contribution in [2.45, 2.75) is 64.3 Å². The highest BCUT2D eigenvalue weighted by molar-refractivity contribution is 5.74. The van der Waals surface area contributed by atoms with Gasteiger partial charge >= 0.3 is 17.9 Å². The fourth-order valence-electron chi connectivity index (χ4n) is 3.12. The fraction of sp³-hybridized carbons (Fsp3) is 0.824. The molecule has 1 rings (SSSR count). The van der Waals surface area contributed by atoms with Crippen LogP contribution in [0.3, 0.4) is 0 Å². The average molecular weight is 376 g/mol. The summed E-state index contributed by atoms with van der Waals surface area (Å²) in [5.74, 6) is -4.07. The van der Waals surface area contributed by atoms with E-state index in [9.17, 15) is 29.7 Å². The van der Waals surface area contributed by atoms with Crippen LogP contribution in [0.2, 0.25) is 0 Å². The van der Waals surface area contributed by atoms with E-state index in [1.165, 1.54) is 13.8 Å². The van der Waals surface area contributed by atoms with Gasteiger partial charge in [0, 0.05) is 5.41 Å². The van der Waals surface area contributed by atoms with Gasteiger partial charge in [-0.2, -0.15) is 0 Å². The summed E-state index contributed by atoms with van der Waals surface area (Å²) >= 11 is 0. The van der Waals surface area contributed by atoms with Crippen molar-refractivity contribution in [3.63, 3.8) is 0 Å².